The van der Waals surface area contributed by atoms with Crippen LogP contribution in [0.25, 0.3) is 21.8 Å². The van der Waals surface area contributed by atoms with Crippen molar-refractivity contribution in [3.63, 3.8) is 0 Å². The van der Waals surface area contributed by atoms with Gasteiger partial charge < -0.3 is 20.5 Å². The molecule has 166 valence electrons. The Labute approximate surface area is 186 Å². The maximum absolute atomic E-state index is 12.9. The fourth-order valence-electron chi connectivity index (χ4n) is 4.29. The van der Waals surface area contributed by atoms with Crippen molar-refractivity contribution in [2.75, 3.05) is 6.54 Å². The van der Waals surface area contributed by atoms with Crippen molar-refractivity contribution in [2.45, 2.75) is 38.0 Å². The van der Waals surface area contributed by atoms with Crippen molar-refractivity contribution in [3.8, 4) is 0 Å². The fraction of sp³-hybridized carbons (Fsp3) is 0.280. The highest BCUT2D eigenvalue weighted by atomic mass is 16.5. The van der Waals surface area contributed by atoms with Crippen LogP contribution >= 0.6 is 0 Å². The van der Waals surface area contributed by atoms with Gasteiger partial charge in [0.05, 0.1) is 0 Å². The van der Waals surface area contributed by atoms with Crippen LogP contribution in [0, 0.1) is 0 Å². The lowest BCUT2D eigenvalue weighted by Crippen LogP contribution is -2.26. The summed E-state index contributed by atoms with van der Waals surface area (Å²) >= 11 is 0. The molecular formula is C25H29N4O3+. The second-order valence-electron chi connectivity index (χ2n) is 8.04. The number of hydrogen-bond acceptors (Lipinski definition) is 2. The molecule has 0 fully saturated rings. The summed E-state index contributed by atoms with van der Waals surface area (Å²) in [6.45, 7) is 0.579. The number of hydrogen-bond donors (Lipinski definition) is 4. The number of carbonyl (C=O) groups excluding carboxylic acids is 2. The average molecular weight is 434 g/mol. The molecule has 2 heterocycles. The molecule has 2 aromatic carbocycles. The predicted octanol–water partition coefficient (Wildman–Crippen LogP) is 3.60. The summed E-state index contributed by atoms with van der Waals surface area (Å²) in [5.74, 6) is -0.341. The zero-order chi connectivity index (χ0) is 22.3. The van der Waals surface area contributed by atoms with E-state index in [2.05, 4.69) is 27.4 Å². The highest BCUT2D eigenvalue weighted by Crippen LogP contribution is 2.36. The van der Waals surface area contributed by atoms with E-state index in [0.717, 1.165) is 45.8 Å². The summed E-state index contributed by atoms with van der Waals surface area (Å²) in [5, 5.41) is 12.1. The van der Waals surface area contributed by atoms with Crippen molar-refractivity contribution in [2.24, 2.45) is 0 Å². The van der Waals surface area contributed by atoms with Gasteiger partial charge in [0.2, 0.25) is 5.91 Å². The molecule has 0 bridgehead atoms. The number of H-pyrrole nitrogens is 2. The Morgan fingerprint density at radius 3 is 2.00 bits per heavy atom. The van der Waals surface area contributed by atoms with Gasteiger partial charge in [-0.05, 0) is 36.1 Å². The Morgan fingerprint density at radius 1 is 0.812 bits per heavy atom. The summed E-state index contributed by atoms with van der Waals surface area (Å²) < 4.78 is 0. The zero-order valence-electron chi connectivity index (χ0n) is 17.9. The van der Waals surface area contributed by atoms with E-state index in [1.165, 1.54) is 0 Å². The van der Waals surface area contributed by atoms with Crippen LogP contribution in [0.5, 0.6) is 0 Å². The van der Waals surface area contributed by atoms with E-state index in [9.17, 15) is 9.59 Å². The van der Waals surface area contributed by atoms with Crippen molar-refractivity contribution < 1.29 is 14.8 Å². The summed E-state index contributed by atoms with van der Waals surface area (Å²) in [6.07, 6.45) is 7.09. The van der Waals surface area contributed by atoms with Crippen LogP contribution in [0.4, 0.5) is 0 Å². The molecule has 4 aromatic rings. The molecule has 4 rings (SSSR count). The van der Waals surface area contributed by atoms with Crippen molar-refractivity contribution in [3.05, 3.63) is 72.1 Å². The summed E-state index contributed by atoms with van der Waals surface area (Å²) in [7, 11) is 0. The molecule has 2 amide bonds. The lowest BCUT2D eigenvalue weighted by atomic mass is 9.87. The quantitative estimate of drug-likeness (QED) is 0.174. The van der Waals surface area contributed by atoms with Gasteiger partial charge in [0, 0.05) is 59.5 Å². The Hall–Kier alpha value is -3.58. The first-order valence-corrected chi connectivity index (χ1v) is 11.0. The molecule has 7 heteroatoms. The molecule has 0 radical (unpaired) electrons. The van der Waals surface area contributed by atoms with Crippen LogP contribution in [-0.2, 0) is 9.59 Å². The number of rotatable bonds is 10. The number of aromatic amines is 2. The van der Waals surface area contributed by atoms with Crippen LogP contribution < -0.4 is 10.8 Å². The van der Waals surface area contributed by atoms with Gasteiger partial charge in [-0.2, -0.15) is 0 Å². The normalized spacial score (nSPS) is 11.3. The van der Waals surface area contributed by atoms with Gasteiger partial charge in [-0.1, -0.05) is 42.8 Å². The molecule has 0 saturated carbocycles. The minimum atomic E-state index is -0.269. The largest absolute Gasteiger partial charge is 0.361 e. The summed E-state index contributed by atoms with van der Waals surface area (Å²) in [6, 6.07) is 16.3. The topological polar surface area (TPSA) is 113 Å². The molecule has 0 aliphatic rings. The Balaban J connectivity index is 1.48. The lowest BCUT2D eigenvalue weighted by molar-refractivity contribution is -0.129. The first kappa shape index (κ1) is 21.6. The molecule has 0 spiro atoms. The number of para-hydroxylation sites is 2. The van der Waals surface area contributed by atoms with Crippen LogP contribution in [0.2, 0.25) is 0 Å². The third kappa shape index (κ3) is 4.84. The number of carbonyl (C=O) groups is 2. The highest BCUT2D eigenvalue weighted by Gasteiger charge is 2.23. The summed E-state index contributed by atoms with van der Waals surface area (Å²) in [4.78, 5) is 30.7. The third-order valence-electron chi connectivity index (χ3n) is 5.93. The minimum absolute atomic E-state index is 0.00876. The molecule has 2 aromatic heterocycles. The number of amides is 2. The van der Waals surface area contributed by atoms with Gasteiger partial charge in [0.1, 0.15) is 0 Å². The van der Waals surface area contributed by atoms with E-state index < -0.39 is 0 Å². The van der Waals surface area contributed by atoms with Crippen LogP contribution in [0.3, 0.4) is 0 Å². The SMILES string of the molecule is O=C(CCCCCNC(=O)CC(c1c[nH]c2ccccc12)c1c[nH]c2ccccc12)N[OH2+]. The van der Waals surface area contributed by atoms with Gasteiger partial charge in [0.25, 0.3) is 5.91 Å². The molecule has 0 aliphatic carbocycles. The van der Waals surface area contributed by atoms with E-state index in [0.29, 0.717) is 25.8 Å². The third-order valence-corrected chi connectivity index (χ3v) is 5.93. The standard InChI is InChI=1S/C25H28N4O3/c30-24(29-32)12-2-1-7-13-26-25(31)14-19(20-15-27-22-10-5-3-8-17(20)22)21-16-28-23-11-6-4-9-18(21)23/h3-6,8-11,15-16,19,27-28,32H,1-2,7,12-14H2,(H,26,31)(H,29,30)/p+1. The predicted molar refractivity (Wildman–Crippen MR) is 126 cm³/mol. The molecule has 7 nitrogen and oxygen atoms in total. The Morgan fingerprint density at radius 2 is 1.41 bits per heavy atom. The number of hydroxylamine groups is 1. The number of fused-ring (bicyclic) bond motifs is 2. The Kier molecular flexibility index (Phi) is 6.87. The van der Waals surface area contributed by atoms with E-state index in [-0.39, 0.29) is 17.7 Å². The maximum Gasteiger partial charge on any atom is 0.283 e. The van der Waals surface area contributed by atoms with E-state index in [1.54, 1.807) is 0 Å². The van der Waals surface area contributed by atoms with Gasteiger partial charge in [-0.3, -0.25) is 9.59 Å². The molecule has 0 unspecified atom stereocenters. The van der Waals surface area contributed by atoms with Crippen molar-refractivity contribution >= 4 is 33.6 Å². The van der Waals surface area contributed by atoms with Crippen molar-refractivity contribution in [1.82, 2.24) is 20.8 Å². The maximum atomic E-state index is 12.9. The van der Waals surface area contributed by atoms with E-state index in [4.69, 9.17) is 5.21 Å². The molecule has 0 aliphatic heterocycles. The molecule has 0 atom stereocenters. The number of unbranched alkanes of at least 4 members (excludes halogenated alkanes) is 2. The highest BCUT2D eigenvalue weighted by molar-refractivity contribution is 5.90. The zero-order valence-corrected chi connectivity index (χ0v) is 17.9. The Bertz CT molecular complexity index is 1140. The van der Waals surface area contributed by atoms with E-state index >= 15 is 0 Å². The van der Waals surface area contributed by atoms with Gasteiger partial charge in [0.15, 0.2) is 0 Å². The second-order valence-corrected chi connectivity index (χ2v) is 8.04. The first-order valence-electron chi connectivity index (χ1n) is 11.0. The molecule has 0 saturated heterocycles. The second kappa shape index (κ2) is 10.2. The smallest absolute Gasteiger partial charge is 0.283 e. The number of nitrogens with one attached hydrogen (secondary N) is 4. The van der Waals surface area contributed by atoms with E-state index in [1.807, 2.05) is 54.3 Å². The minimum Gasteiger partial charge on any atom is -0.361 e. The molecule has 6 N–H and O–H groups in total. The van der Waals surface area contributed by atoms with Crippen molar-refractivity contribution in [1.29, 1.82) is 0 Å². The van der Waals surface area contributed by atoms with Gasteiger partial charge >= 0.3 is 0 Å². The van der Waals surface area contributed by atoms with Crippen LogP contribution in [0.15, 0.2) is 60.9 Å². The van der Waals surface area contributed by atoms with Gasteiger partial charge in [-0.25, -0.2) is 0 Å². The summed E-state index contributed by atoms with van der Waals surface area (Å²) in [5.41, 5.74) is 6.23. The number of benzene rings is 2. The monoisotopic (exact) mass is 433 g/mol. The average Bonchev–Trinajstić information content (AvgIpc) is 3.44. The molecule has 32 heavy (non-hydrogen) atoms. The van der Waals surface area contributed by atoms with Crippen LogP contribution in [0.1, 0.15) is 49.1 Å². The molecular weight excluding hydrogens is 404 g/mol. The van der Waals surface area contributed by atoms with Gasteiger partial charge in [-0.15, -0.1) is 5.48 Å². The number of aromatic nitrogens is 2. The fourth-order valence-corrected chi connectivity index (χ4v) is 4.29. The van der Waals surface area contributed by atoms with Crippen LogP contribution in [-0.4, -0.2) is 33.5 Å². The first-order chi connectivity index (χ1) is 15.7. The lowest BCUT2D eigenvalue weighted by Gasteiger charge is -2.16.